The first-order valence-electron chi connectivity index (χ1n) is 5.63. The third-order valence-corrected chi connectivity index (χ3v) is 2.62. The maximum atomic E-state index is 11.4. The van der Waals surface area contributed by atoms with Crippen LogP contribution in [0.5, 0.6) is 0 Å². The van der Waals surface area contributed by atoms with Crippen molar-refractivity contribution in [2.45, 2.75) is 32.4 Å². The van der Waals surface area contributed by atoms with Crippen LogP contribution in [0.2, 0.25) is 0 Å². The molecule has 4 nitrogen and oxygen atoms in total. The van der Waals surface area contributed by atoms with E-state index in [0.717, 1.165) is 18.7 Å². The molecule has 0 radical (unpaired) electrons. The Bertz CT molecular complexity index is 342. The van der Waals surface area contributed by atoms with E-state index in [0.29, 0.717) is 6.42 Å². The second kappa shape index (κ2) is 5.70. The van der Waals surface area contributed by atoms with Gasteiger partial charge in [0.1, 0.15) is 0 Å². The standard InChI is InChI=1S/C12H21N3O/c1-10(13)11-6-4-8-15(11)9-5-7-12(16)14(2)3/h4,6,8,10H,5,7,9,13H2,1-3H3. The second-order valence-corrected chi connectivity index (χ2v) is 4.31. The first kappa shape index (κ1) is 12.8. The van der Waals surface area contributed by atoms with Crippen LogP contribution in [0, 0.1) is 0 Å². The van der Waals surface area contributed by atoms with Gasteiger partial charge in [-0.3, -0.25) is 4.79 Å². The predicted molar refractivity (Wildman–Crippen MR) is 65.0 cm³/mol. The fourth-order valence-corrected chi connectivity index (χ4v) is 1.67. The molecule has 2 N–H and O–H groups in total. The number of rotatable bonds is 5. The van der Waals surface area contributed by atoms with Crippen molar-refractivity contribution in [3.05, 3.63) is 24.0 Å². The lowest BCUT2D eigenvalue weighted by molar-refractivity contribution is -0.128. The van der Waals surface area contributed by atoms with Crippen molar-refractivity contribution in [1.82, 2.24) is 9.47 Å². The molecule has 1 atom stereocenters. The minimum absolute atomic E-state index is 0.0413. The minimum Gasteiger partial charge on any atom is -0.350 e. The van der Waals surface area contributed by atoms with Crippen molar-refractivity contribution < 1.29 is 4.79 Å². The molecule has 1 unspecified atom stereocenters. The highest BCUT2D eigenvalue weighted by Crippen LogP contribution is 2.11. The number of hydrogen-bond donors (Lipinski definition) is 1. The summed E-state index contributed by atoms with van der Waals surface area (Å²) in [5, 5.41) is 0. The first-order chi connectivity index (χ1) is 7.52. The summed E-state index contributed by atoms with van der Waals surface area (Å²) >= 11 is 0. The van der Waals surface area contributed by atoms with Crippen LogP contribution in [0.3, 0.4) is 0 Å². The SMILES string of the molecule is CC(N)c1cccn1CCCC(=O)N(C)C. The van der Waals surface area contributed by atoms with E-state index in [4.69, 9.17) is 5.73 Å². The largest absolute Gasteiger partial charge is 0.350 e. The summed E-state index contributed by atoms with van der Waals surface area (Å²) in [4.78, 5) is 13.0. The number of hydrogen-bond acceptors (Lipinski definition) is 2. The summed E-state index contributed by atoms with van der Waals surface area (Å²) < 4.78 is 2.12. The van der Waals surface area contributed by atoms with E-state index in [1.165, 1.54) is 0 Å². The van der Waals surface area contributed by atoms with Gasteiger partial charge in [-0.15, -0.1) is 0 Å². The van der Waals surface area contributed by atoms with E-state index in [9.17, 15) is 4.79 Å². The third-order valence-electron chi connectivity index (χ3n) is 2.62. The molecule has 1 rings (SSSR count). The summed E-state index contributed by atoms with van der Waals surface area (Å²) in [5.41, 5.74) is 6.97. The number of amides is 1. The van der Waals surface area contributed by atoms with Crippen molar-refractivity contribution in [3.8, 4) is 0 Å². The zero-order valence-electron chi connectivity index (χ0n) is 10.3. The van der Waals surface area contributed by atoms with Gasteiger partial charge < -0.3 is 15.2 Å². The normalized spacial score (nSPS) is 12.5. The maximum absolute atomic E-state index is 11.4. The van der Waals surface area contributed by atoms with Crippen molar-refractivity contribution >= 4 is 5.91 Å². The molecule has 1 amide bonds. The van der Waals surface area contributed by atoms with Crippen LogP contribution in [0.25, 0.3) is 0 Å². The Morgan fingerprint density at radius 1 is 1.56 bits per heavy atom. The molecule has 0 saturated carbocycles. The number of nitrogens with two attached hydrogens (primary N) is 1. The average Bonchev–Trinajstić information content (AvgIpc) is 2.65. The summed E-state index contributed by atoms with van der Waals surface area (Å²) in [6.45, 7) is 2.82. The molecule has 0 saturated heterocycles. The van der Waals surface area contributed by atoms with Crippen molar-refractivity contribution in [2.24, 2.45) is 5.73 Å². The van der Waals surface area contributed by atoms with E-state index in [2.05, 4.69) is 4.57 Å². The lowest BCUT2D eigenvalue weighted by Crippen LogP contribution is -2.21. The fraction of sp³-hybridized carbons (Fsp3) is 0.583. The highest BCUT2D eigenvalue weighted by molar-refractivity contribution is 5.75. The molecule has 4 heteroatoms. The molecule has 90 valence electrons. The quantitative estimate of drug-likeness (QED) is 0.819. The first-order valence-corrected chi connectivity index (χ1v) is 5.63. The van der Waals surface area contributed by atoms with Crippen LogP contribution in [0.1, 0.15) is 31.5 Å². The Kier molecular flexibility index (Phi) is 4.55. The zero-order chi connectivity index (χ0) is 12.1. The topological polar surface area (TPSA) is 51.3 Å². The van der Waals surface area contributed by atoms with Gasteiger partial charge in [-0.25, -0.2) is 0 Å². The Balaban J connectivity index is 2.43. The van der Waals surface area contributed by atoms with Crippen LogP contribution in [0.15, 0.2) is 18.3 Å². The fourth-order valence-electron chi connectivity index (χ4n) is 1.67. The van der Waals surface area contributed by atoms with E-state index >= 15 is 0 Å². The van der Waals surface area contributed by atoms with Gasteiger partial charge in [-0.1, -0.05) is 0 Å². The van der Waals surface area contributed by atoms with E-state index in [-0.39, 0.29) is 11.9 Å². The average molecular weight is 223 g/mol. The summed E-state index contributed by atoms with van der Waals surface area (Å²) in [5.74, 6) is 0.175. The molecule has 0 aliphatic rings. The highest BCUT2D eigenvalue weighted by Gasteiger charge is 2.07. The van der Waals surface area contributed by atoms with E-state index in [1.807, 2.05) is 25.3 Å². The van der Waals surface area contributed by atoms with Crippen LogP contribution in [-0.2, 0) is 11.3 Å². The zero-order valence-corrected chi connectivity index (χ0v) is 10.3. The number of nitrogens with zero attached hydrogens (tertiary/aromatic N) is 2. The number of aromatic nitrogens is 1. The van der Waals surface area contributed by atoms with Gasteiger partial charge in [-0.05, 0) is 25.5 Å². The van der Waals surface area contributed by atoms with Gasteiger partial charge in [0.15, 0.2) is 0 Å². The molecule has 0 aliphatic heterocycles. The van der Waals surface area contributed by atoms with Gasteiger partial charge in [0.05, 0.1) is 0 Å². The summed E-state index contributed by atoms with van der Waals surface area (Å²) in [6, 6.07) is 4.06. The Hall–Kier alpha value is -1.29. The van der Waals surface area contributed by atoms with Crippen LogP contribution in [0.4, 0.5) is 0 Å². The molecular weight excluding hydrogens is 202 g/mol. The van der Waals surface area contributed by atoms with Crippen molar-refractivity contribution in [3.63, 3.8) is 0 Å². The molecule has 0 aliphatic carbocycles. The predicted octanol–water partition coefficient (Wildman–Crippen LogP) is 1.38. The maximum Gasteiger partial charge on any atom is 0.222 e. The summed E-state index contributed by atoms with van der Waals surface area (Å²) in [7, 11) is 3.57. The number of carbonyl (C=O) groups excluding carboxylic acids is 1. The van der Waals surface area contributed by atoms with Gasteiger partial charge in [0.2, 0.25) is 5.91 Å². The Labute approximate surface area is 97.0 Å². The van der Waals surface area contributed by atoms with E-state index < -0.39 is 0 Å². The third kappa shape index (κ3) is 3.38. The Morgan fingerprint density at radius 3 is 2.81 bits per heavy atom. The van der Waals surface area contributed by atoms with Crippen molar-refractivity contribution in [2.75, 3.05) is 14.1 Å². The second-order valence-electron chi connectivity index (χ2n) is 4.31. The molecule has 1 aromatic rings. The number of carbonyl (C=O) groups is 1. The Morgan fingerprint density at radius 2 is 2.25 bits per heavy atom. The van der Waals surface area contributed by atoms with Gasteiger partial charge in [0, 0.05) is 45.0 Å². The molecule has 1 aromatic heterocycles. The van der Waals surface area contributed by atoms with Gasteiger partial charge in [-0.2, -0.15) is 0 Å². The smallest absolute Gasteiger partial charge is 0.222 e. The number of aryl methyl sites for hydroxylation is 1. The van der Waals surface area contributed by atoms with Gasteiger partial charge in [0.25, 0.3) is 0 Å². The van der Waals surface area contributed by atoms with Crippen molar-refractivity contribution in [1.29, 1.82) is 0 Å². The molecule has 0 fully saturated rings. The van der Waals surface area contributed by atoms with Crippen LogP contribution in [-0.4, -0.2) is 29.5 Å². The van der Waals surface area contributed by atoms with Crippen LogP contribution < -0.4 is 5.73 Å². The lowest BCUT2D eigenvalue weighted by atomic mass is 10.2. The highest BCUT2D eigenvalue weighted by atomic mass is 16.2. The molecule has 0 spiro atoms. The molecule has 16 heavy (non-hydrogen) atoms. The minimum atomic E-state index is 0.0413. The summed E-state index contributed by atoms with van der Waals surface area (Å²) in [6.07, 6.45) is 3.45. The molecule has 1 heterocycles. The molecule has 0 bridgehead atoms. The van der Waals surface area contributed by atoms with E-state index in [1.54, 1.807) is 19.0 Å². The lowest BCUT2D eigenvalue weighted by Gasteiger charge is -2.13. The monoisotopic (exact) mass is 223 g/mol. The van der Waals surface area contributed by atoms with Crippen LogP contribution >= 0.6 is 0 Å². The molecule has 0 aromatic carbocycles. The van der Waals surface area contributed by atoms with Gasteiger partial charge >= 0.3 is 0 Å². The molecular formula is C12H21N3O.